The molecule has 0 amide bonds. The molecule has 0 heterocycles. The van der Waals surface area contributed by atoms with E-state index in [4.69, 9.17) is 0 Å². The van der Waals surface area contributed by atoms with Gasteiger partial charge in [0.15, 0.2) is 0 Å². The quantitative estimate of drug-likeness (QED) is 0.754. The molecule has 2 aromatic rings. The Hall–Kier alpha value is -1.90. The third-order valence-electron chi connectivity index (χ3n) is 4.09. The van der Waals surface area contributed by atoms with E-state index in [1.807, 2.05) is 19.2 Å². The molecule has 1 N–H and O–H groups in total. The van der Waals surface area contributed by atoms with Crippen LogP contribution >= 0.6 is 0 Å². The molecular formula is C19H23F2N. The second-order valence-electron chi connectivity index (χ2n) is 5.55. The van der Waals surface area contributed by atoms with Gasteiger partial charge in [0.1, 0.15) is 0 Å². The van der Waals surface area contributed by atoms with E-state index in [1.54, 1.807) is 12.1 Å². The van der Waals surface area contributed by atoms with Crippen molar-refractivity contribution in [2.24, 2.45) is 0 Å². The van der Waals surface area contributed by atoms with Crippen LogP contribution in [0.3, 0.4) is 0 Å². The van der Waals surface area contributed by atoms with Crippen molar-refractivity contribution in [1.82, 2.24) is 0 Å². The van der Waals surface area contributed by atoms with Crippen LogP contribution in [-0.4, -0.2) is 7.05 Å². The van der Waals surface area contributed by atoms with Crippen molar-refractivity contribution in [2.75, 3.05) is 12.4 Å². The SMILES string of the molecule is CCc1cccc(-c2cc(C(C)(F)F)ccc2NC)c1CC. The van der Waals surface area contributed by atoms with Gasteiger partial charge >= 0.3 is 0 Å². The molecule has 0 radical (unpaired) electrons. The van der Waals surface area contributed by atoms with E-state index >= 15 is 0 Å². The number of nitrogens with one attached hydrogen (secondary N) is 1. The molecular weight excluding hydrogens is 280 g/mol. The molecule has 0 fully saturated rings. The lowest BCUT2D eigenvalue weighted by atomic mass is 9.90. The fourth-order valence-electron chi connectivity index (χ4n) is 2.89. The van der Waals surface area contributed by atoms with E-state index in [1.165, 1.54) is 17.2 Å². The Morgan fingerprint density at radius 3 is 2.27 bits per heavy atom. The van der Waals surface area contributed by atoms with Crippen LogP contribution in [0.5, 0.6) is 0 Å². The lowest BCUT2D eigenvalue weighted by Gasteiger charge is -2.19. The largest absolute Gasteiger partial charge is 0.388 e. The minimum absolute atomic E-state index is 0.0467. The van der Waals surface area contributed by atoms with Gasteiger partial charge in [-0.1, -0.05) is 38.1 Å². The average Bonchev–Trinajstić information content (AvgIpc) is 2.52. The van der Waals surface area contributed by atoms with Crippen molar-refractivity contribution in [2.45, 2.75) is 39.5 Å². The lowest BCUT2D eigenvalue weighted by molar-refractivity contribution is 0.0175. The topological polar surface area (TPSA) is 12.0 Å². The Balaban J connectivity index is 2.70. The zero-order valence-electron chi connectivity index (χ0n) is 13.6. The van der Waals surface area contributed by atoms with E-state index in [0.29, 0.717) is 0 Å². The first-order chi connectivity index (χ1) is 10.4. The molecule has 0 aliphatic rings. The number of benzene rings is 2. The van der Waals surface area contributed by atoms with Gasteiger partial charge in [0.2, 0.25) is 0 Å². The van der Waals surface area contributed by atoms with Gasteiger partial charge in [0.25, 0.3) is 5.92 Å². The van der Waals surface area contributed by atoms with Crippen molar-refractivity contribution in [3.63, 3.8) is 0 Å². The molecule has 3 heteroatoms. The van der Waals surface area contributed by atoms with Crippen molar-refractivity contribution >= 4 is 5.69 Å². The summed E-state index contributed by atoms with van der Waals surface area (Å²) in [5.41, 5.74) is 5.31. The number of aryl methyl sites for hydroxylation is 1. The Morgan fingerprint density at radius 1 is 1.00 bits per heavy atom. The Bertz CT molecular complexity index is 657. The summed E-state index contributed by atoms with van der Waals surface area (Å²) < 4.78 is 27.4. The zero-order chi connectivity index (χ0) is 16.3. The number of hydrogen-bond acceptors (Lipinski definition) is 1. The van der Waals surface area contributed by atoms with Gasteiger partial charge in [0, 0.05) is 30.8 Å². The molecule has 0 spiro atoms. The molecule has 2 rings (SSSR count). The predicted molar refractivity (Wildman–Crippen MR) is 89.7 cm³/mol. The normalized spacial score (nSPS) is 11.5. The maximum absolute atomic E-state index is 13.7. The summed E-state index contributed by atoms with van der Waals surface area (Å²) in [4.78, 5) is 0. The molecule has 22 heavy (non-hydrogen) atoms. The van der Waals surface area contributed by atoms with Gasteiger partial charge in [-0.25, -0.2) is 8.78 Å². The highest BCUT2D eigenvalue weighted by molar-refractivity contribution is 5.81. The summed E-state index contributed by atoms with van der Waals surface area (Å²) in [5, 5.41) is 3.12. The summed E-state index contributed by atoms with van der Waals surface area (Å²) >= 11 is 0. The van der Waals surface area contributed by atoms with Crippen LogP contribution in [0.1, 0.15) is 37.5 Å². The predicted octanol–water partition coefficient (Wildman–Crippen LogP) is 5.63. The van der Waals surface area contributed by atoms with Crippen LogP contribution in [0.15, 0.2) is 36.4 Å². The second kappa shape index (κ2) is 6.47. The second-order valence-corrected chi connectivity index (χ2v) is 5.55. The first kappa shape index (κ1) is 16.5. The van der Waals surface area contributed by atoms with Crippen molar-refractivity contribution < 1.29 is 8.78 Å². The molecule has 0 aliphatic heterocycles. The highest BCUT2D eigenvalue weighted by Crippen LogP contribution is 2.37. The summed E-state index contributed by atoms with van der Waals surface area (Å²) in [5.74, 6) is -2.84. The van der Waals surface area contributed by atoms with Crippen LogP contribution in [0.4, 0.5) is 14.5 Å². The van der Waals surface area contributed by atoms with E-state index in [-0.39, 0.29) is 5.56 Å². The maximum Gasteiger partial charge on any atom is 0.270 e. The third-order valence-corrected chi connectivity index (χ3v) is 4.09. The minimum atomic E-state index is -2.84. The van der Waals surface area contributed by atoms with Gasteiger partial charge in [-0.3, -0.25) is 0 Å². The Morgan fingerprint density at radius 2 is 1.73 bits per heavy atom. The Kier molecular flexibility index (Phi) is 4.84. The molecule has 0 aromatic heterocycles. The highest BCUT2D eigenvalue weighted by atomic mass is 19.3. The molecule has 0 saturated carbocycles. The Labute approximate surface area is 131 Å². The monoisotopic (exact) mass is 303 g/mol. The zero-order valence-corrected chi connectivity index (χ0v) is 13.6. The summed E-state index contributed by atoms with van der Waals surface area (Å²) in [6.45, 7) is 5.16. The van der Waals surface area contributed by atoms with Crippen LogP contribution in [0.25, 0.3) is 11.1 Å². The van der Waals surface area contributed by atoms with Gasteiger partial charge in [-0.2, -0.15) is 0 Å². The van der Waals surface area contributed by atoms with Crippen molar-refractivity contribution in [3.8, 4) is 11.1 Å². The maximum atomic E-state index is 13.7. The van der Waals surface area contributed by atoms with Gasteiger partial charge in [-0.15, -0.1) is 0 Å². The van der Waals surface area contributed by atoms with Gasteiger partial charge in [0.05, 0.1) is 0 Å². The third kappa shape index (κ3) is 3.13. The number of alkyl halides is 2. The summed E-state index contributed by atoms with van der Waals surface area (Å²) in [7, 11) is 1.82. The number of anilines is 1. The minimum Gasteiger partial charge on any atom is -0.388 e. The van der Waals surface area contributed by atoms with E-state index < -0.39 is 5.92 Å². The van der Waals surface area contributed by atoms with Crippen molar-refractivity contribution in [1.29, 1.82) is 0 Å². The molecule has 0 bridgehead atoms. The fraction of sp³-hybridized carbons (Fsp3) is 0.368. The summed E-state index contributed by atoms with van der Waals surface area (Å²) in [6.07, 6.45) is 1.82. The summed E-state index contributed by atoms with van der Waals surface area (Å²) in [6, 6.07) is 11.0. The number of hydrogen-bond donors (Lipinski definition) is 1. The standard InChI is InChI=1S/C19H23F2N/c1-5-13-8-7-9-16(15(13)6-2)17-12-14(19(3,20)21)10-11-18(17)22-4/h7-12,22H,5-6H2,1-4H3. The van der Waals surface area contributed by atoms with Crippen molar-refractivity contribution in [3.05, 3.63) is 53.1 Å². The smallest absolute Gasteiger partial charge is 0.270 e. The first-order valence-corrected chi connectivity index (χ1v) is 7.73. The van der Waals surface area contributed by atoms with Crippen LogP contribution in [-0.2, 0) is 18.8 Å². The molecule has 0 aliphatic carbocycles. The first-order valence-electron chi connectivity index (χ1n) is 7.73. The van der Waals surface area contributed by atoms with Gasteiger partial charge < -0.3 is 5.32 Å². The molecule has 1 nitrogen and oxygen atoms in total. The van der Waals surface area contributed by atoms with Crippen LogP contribution < -0.4 is 5.32 Å². The van der Waals surface area contributed by atoms with E-state index in [0.717, 1.165) is 36.6 Å². The fourth-order valence-corrected chi connectivity index (χ4v) is 2.89. The molecule has 2 aromatic carbocycles. The molecule has 0 atom stereocenters. The van der Waals surface area contributed by atoms with E-state index in [2.05, 4.69) is 25.2 Å². The lowest BCUT2D eigenvalue weighted by Crippen LogP contribution is -2.08. The highest BCUT2D eigenvalue weighted by Gasteiger charge is 2.25. The average molecular weight is 303 g/mol. The van der Waals surface area contributed by atoms with E-state index in [9.17, 15) is 8.78 Å². The number of halogens is 2. The molecule has 118 valence electrons. The van der Waals surface area contributed by atoms with Crippen LogP contribution in [0.2, 0.25) is 0 Å². The molecule has 0 saturated heterocycles. The molecule has 0 unspecified atom stereocenters. The number of rotatable bonds is 5. The van der Waals surface area contributed by atoms with Crippen LogP contribution in [0, 0.1) is 0 Å². The van der Waals surface area contributed by atoms with Gasteiger partial charge in [-0.05, 0) is 41.7 Å².